The minimum atomic E-state index is -9.13. The zero-order valence-corrected chi connectivity index (χ0v) is 16.7. The number of rotatable bonds is 11. The van der Waals surface area contributed by atoms with E-state index in [0.717, 1.165) is 0 Å². The largest absolute Gasteiger partial charge is 0.478 e. The lowest BCUT2D eigenvalue weighted by molar-refractivity contribution is -0.472. The van der Waals surface area contributed by atoms with Crippen LogP contribution in [0, 0.1) is 0 Å². The van der Waals surface area contributed by atoms with Crippen LogP contribution in [-0.2, 0) is 4.79 Å². The third kappa shape index (κ3) is 5.00. The molecule has 37 heavy (non-hydrogen) atoms. The number of halogens is 19. The van der Waals surface area contributed by atoms with Gasteiger partial charge in [0.05, 0.1) is 6.10 Å². The van der Waals surface area contributed by atoms with E-state index in [0.29, 0.717) is 0 Å². The van der Waals surface area contributed by atoms with Gasteiger partial charge in [-0.05, 0) is 0 Å². The van der Waals surface area contributed by atoms with Crippen LogP contribution in [0.3, 0.4) is 0 Å². The molecule has 0 saturated carbocycles. The molecule has 0 aliphatic carbocycles. The summed E-state index contributed by atoms with van der Waals surface area (Å²) in [7, 11) is 0. The number of aliphatic hydroxyl groups excluding tert-OH is 1. The summed E-state index contributed by atoms with van der Waals surface area (Å²) >= 11 is 0. The van der Waals surface area contributed by atoms with Crippen LogP contribution in [-0.4, -0.2) is 75.8 Å². The van der Waals surface area contributed by atoms with Crippen molar-refractivity contribution < 1.29 is 98.4 Å². The summed E-state index contributed by atoms with van der Waals surface area (Å²) < 4.78 is 251. The first-order valence-corrected chi connectivity index (χ1v) is 8.40. The fourth-order valence-corrected chi connectivity index (χ4v) is 2.42. The van der Waals surface area contributed by atoms with E-state index in [1.165, 1.54) is 0 Å². The second-order valence-corrected chi connectivity index (χ2v) is 7.20. The Bertz CT molecular complexity index is 855. The molecule has 2 N–H and O–H groups in total. The summed E-state index contributed by atoms with van der Waals surface area (Å²) in [5.41, 5.74) is -10.1. The van der Waals surface area contributed by atoms with Crippen molar-refractivity contribution in [1.82, 2.24) is 0 Å². The van der Waals surface area contributed by atoms with E-state index in [1.54, 1.807) is 0 Å². The Morgan fingerprint density at radius 1 is 0.595 bits per heavy atom. The van der Waals surface area contributed by atoms with Crippen molar-refractivity contribution in [3.8, 4) is 0 Å². The lowest BCUT2D eigenvalue weighted by Gasteiger charge is -2.45. The molecule has 0 aromatic carbocycles. The monoisotopic (exact) mass is 598 g/mol. The van der Waals surface area contributed by atoms with Crippen LogP contribution in [0.1, 0.15) is 12.8 Å². The molecule has 220 valence electrons. The average molecular weight is 598 g/mol. The summed E-state index contributed by atoms with van der Waals surface area (Å²) in [5, 5.41) is 17.4. The van der Waals surface area contributed by atoms with Crippen molar-refractivity contribution in [1.29, 1.82) is 0 Å². The topological polar surface area (TPSA) is 57.5 Å². The molecule has 1 unspecified atom stereocenters. The number of aliphatic hydroxyl groups is 1. The van der Waals surface area contributed by atoms with Gasteiger partial charge >= 0.3 is 59.5 Å². The lowest BCUT2D eigenvalue weighted by Crippen LogP contribution is -2.77. The van der Waals surface area contributed by atoms with E-state index < -0.39 is 84.0 Å². The number of hydrogen-bond acceptors (Lipinski definition) is 2. The van der Waals surface area contributed by atoms with E-state index in [1.807, 2.05) is 0 Å². The van der Waals surface area contributed by atoms with Gasteiger partial charge in [0.15, 0.2) is 0 Å². The van der Waals surface area contributed by atoms with Gasteiger partial charge in [-0.1, -0.05) is 6.58 Å². The summed E-state index contributed by atoms with van der Waals surface area (Å²) in [6.07, 6.45) is -24.9. The normalized spacial score (nSPS) is 16.5. The highest BCUT2D eigenvalue weighted by Crippen LogP contribution is 2.66. The molecule has 1 atom stereocenters. The number of hydrogen-bond donors (Lipinski definition) is 2. The zero-order chi connectivity index (χ0) is 30.6. The fourth-order valence-electron chi connectivity index (χ4n) is 2.42. The highest BCUT2D eigenvalue weighted by molar-refractivity contribution is 5.85. The van der Waals surface area contributed by atoms with Gasteiger partial charge in [-0.3, -0.25) is 0 Å². The fraction of sp³-hybridized carbons (Fsp3) is 0.800. The molecule has 0 heterocycles. The molecule has 0 amide bonds. The zero-order valence-electron chi connectivity index (χ0n) is 16.7. The van der Waals surface area contributed by atoms with Crippen LogP contribution in [0.15, 0.2) is 12.2 Å². The van der Waals surface area contributed by atoms with Gasteiger partial charge in [-0.15, -0.1) is 0 Å². The Labute approximate surface area is 190 Å². The summed E-state index contributed by atoms with van der Waals surface area (Å²) in [4.78, 5) is 10.4. The van der Waals surface area contributed by atoms with Gasteiger partial charge in [-0.2, -0.15) is 79.0 Å². The van der Waals surface area contributed by atoms with Gasteiger partial charge in [0.2, 0.25) is 0 Å². The number of carboxylic acid groups (broad SMARTS) is 1. The van der Waals surface area contributed by atoms with Crippen LogP contribution in [0.25, 0.3) is 0 Å². The second kappa shape index (κ2) is 9.24. The molecule has 0 aromatic rings. The molecule has 0 aliphatic rings. The van der Waals surface area contributed by atoms with Crippen LogP contribution >= 0.6 is 0 Å². The minimum Gasteiger partial charge on any atom is -0.478 e. The van der Waals surface area contributed by atoms with Crippen molar-refractivity contribution in [2.45, 2.75) is 72.5 Å². The maximum absolute atomic E-state index is 13.7. The Morgan fingerprint density at radius 2 is 0.892 bits per heavy atom. The first-order chi connectivity index (χ1) is 15.7. The molecule has 0 radical (unpaired) electrons. The van der Waals surface area contributed by atoms with E-state index >= 15 is 0 Å². The second-order valence-electron chi connectivity index (χ2n) is 7.20. The minimum absolute atomic E-state index is 1.33. The highest BCUT2D eigenvalue weighted by Gasteiger charge is 2.98. The maximum Gasteiger partial charge on any atom is 0.438 e. The Balaban J connectivity index is 6.84. The van der Waals surface area contributed by atoms with Crippen LogP contribution in [0.4, 0.5) is 83.4 Å². The molecule has 22 heteroatoms. The Hall–Kier alpha value is -2.16. The van der Waals surface area contributed by atoms with Crippen molar-refractivity contribution in [3.63, 3.8) is 0 Å². The molecule has 0 aliphatic heterocycles. The maximum atomic E-state index is 13.7. The molecule has 0 aromatic heterocycles. The van der Waals surface area contributed by atoms with Crippen molar-refractivity contribution >= 4 is 5.97 Å². The van der Waals surface area contributed by atoms with Gasteiger partial charge in [0.1, 0.15) is 0 Å². The van der Waals surface area contributed by atoms with E-state index in [2.05, 4.69) is 6.58 Å². The SMILES string of the molecule is C=C(CC(O)CC(F)(F)C(F)(F)C(F)(F)C(F)(F)C(F)(F)C(F)(F)C(F)(C(F)(F)F)C(F)(F)F)C(=O)O. The number of carbonyl (C=O) groups is 1. The molecular formula is C15H9F19O3. The standard InChI is InChI=1S/C15H9F19O3/c1-4(6(36)37)2-5(35)3-7(16,17)9(19,20)11(23,24)13(27,28)12(25,26)10(21,22)8(18,14(29,30)31)15(32,33)34/h5,35H,1-3H2,(H,36,37). The Kier molecular flexibility index (Phi) is 8.70. The first-order valence-electron chi connectivity index (χ1n) is 8.40. The van der Waals surface area contributed by atoms with Gasteiger partial charge in [0, 0.05) is 18.4 Å². The molecule has 0 fully saturated rings. The van der Waals surface area contributed by atoms with Gasteiger partial charge < -0.3 is 10.2 Å². The number of alkyl halides is 19. The third-order valence-electron chi connectivity index (χ3n) is 4.53. The van der Waals surface area contributed by atoms with Crippen molar-refractivity contribution in [2.75, 3.05) is 0 Å². The Morgan fingerprint density at radius 3 is 1.19 bits per heavy atom. The summed E-state index contributed by atoms with van der Waals surface area (Å²) in [6.45, 7) is 2.53. The number of carboxylic acids is 1. The molecule has 3 nitrogen and oxygen atoms in total. The summed E-state index contributed by atoms with van der Waals surface area (Å²) in [5.74, 6) is -53.1. The van der Waals surface area contributed by atoms with Crippen molar-refractivity contribution in [2.24, 2.45) is 0 Å². The molecule has 0 bridgehead atoms. The predicted octanol–water partition coefficient (Wildman–Crippen LogP) is 6.41. The first kappa shape index (κ1) is 34.8. The van der Waals surface area contributed by atoms with Crippen LogP contribution < -0.4 is 0 Å². The van der Waals surface area contributed by atoms with E-state index in [-0.39, 0.29) is 0 Å². The van der Waals surface area contributed by atoms with E-state index in [9.17, 15) is 88.2 Å². The molecular weight excluding hydrogens is 589 g/mol. The van der Waals surface area contributed by atoms with Crippen molar-refractivity contribution in [3.05, 3.63) is 12.2 Å². The molecule has 0 saturated heterocycles. The van der Waals surface area contributed by atoms with Gasteiger partial charge in [0.25, 0.3) is 0 Å². The molecule has 0 spiro atoms. The predicted molar refractivity (Wildman–Crippen MR) is 77.6 cm³/mol. The molecule has 0 rings (SSSR count). The summed E-state index contributed by atoms with van der Waals surface area (Å²) in [6, 6.07) is 0. The highest BCUT2D eigenvalue weighted by atomic mass is 19.4. The quantitative estimate of drug-likeness (QED) is 0.214. The lowest BCUT2D eigenvalue weighted by atomic mass is 9.83. The van der Waals surface area contributed by atoms with Crippen LogP contribution in [0.5, 0.6) is 0 Å². The number of aliphatic carboxylic acids is 1. The van der Waals surface area contributed by atoms with Crippen LogP contribution in [0.2, 0.25) is 0 Å². The van der Waals surface area contributed by atoms with Gasteiger partial charge in [-0.25, -0.2) is 9.18 Å². The average Bonchev–Trinajstić information content (AvgIpc) is 2.63. The van der Waals surface area contributed by atoms with E-state index in [4.69, 9.17) is 10.2 Å². The smallest absolute Gasteiger partial charge is 0.438 e. The third-order valence-corrected chi connectivity index (χ3v) is 4.53.